The maximum absolute atomic E-state index is 12.4. The number of carbonyl (C=O) groups is 1. The van der Waals surface area contributed by atoms with Crippen LogP contribution >= 0.6 is 15.9 Å². The number of halogens is 1. The normalized spacial score (nSPS) is 15.7. The quantitative estimate of drug-likeness (QED) is 0.797. The minimum absolute atomic E-state index is 0.0930. The molecule has 25 heavy (non-hydrogen) atoms. The van der Waals surface area contributed by atoms with Crippen LogP contribution in [0.3, 0.4) is 0 Å². The van der Waals surface area contributed by atoms with Gasteiger partial charge in [0.15, 0.2) is 0 Å². The monoisotopic (exact) mass is 400 g/mol. The third kappa shape index (κ3) is 5.00. The van der Waals surface area contributed by atoms with E-state index in [0.717, 1.165) is 42.8 Å². The second-order valence-electron chi connectivity index (χ2n) is 6.47. The highest BCUT2D eigenvalue weighted by atomic mass is 79.9. The van der Waals surface area contributed by atoms with Gasteiger partial charge in [0.1, 0.15) is 6.54 Å². The van der Waals surface area contributed by atoms with Gasteiger partial charge in [-0.15, -0.1) is 0 Å². The highest BCUT2D eigenvalue weighted by molar-refractivity contribution is 9.10. The molecule has 1 saturated heterocycles. The van der Waals surface area contributed by atoms with E-state index in [1.165, 1.54) is 16.0 Å². The van der Waals surface area contributed by atoms with Gasteiger partial charge in [0.25, 0.3) is 0 Å². The standard InChI is InChI=1S/C20H22BrN3O/c1-16-2-3-18(19(21)14-16)4-5-20(25)24-12-10-23(11-13-24)15-17-6-8-22-9-7-17/h2-9,14H,10-13,15H2,1H3/p+1/b5-4+. The topological polar surface area (TPSA) is 37.6 Å². The molecule has 1 fully saturated rings. The van der Waals surface area contributed by atoms with E-state index in [4.69, 9.17) is 0 Å². The molecule has 3 rings (SSSR count). The molecule has 2 heterocycles. The molecule has 1 aliphatic heterocycles. The summed E-state index contributed by atoms with van der Waals surface area (Å²) in [5, 5.41) is 0. The number of quaternary nitrogens is 1. The minimum Gasteiger partial charge on any atom is -0.328 e. The van der Waals surface area contributed by atoms with Crippen molar-refractivity contribution in [1.82, 2.24) is 9.88 Å². The number of benzene rings is 1. The molecule has 1 amide bonds. The van der Waals surface area contributed by atoms with E-state index < -0.39 is 0 Å². The van der Waals surface area contributed by atoms with Gasteiger partial charge in [0, 0.05) is 28.5 Å². The molecule has 130 valence electrons. The van der Waals surface area contributed by atoms with Gasteiger partial charge in [0.05, 0.1) is 26.2 Å². The van der Waals surface area contributed by atoms with Crippen LogP contribution in [0.25, 0.3) is 6.08 Å². The number of amides is 1. The largest absolute Gasteiger partial charge is 0.328 e. The molecule has 0 unspecified atom stereocenters. The first-order valence-electron chi connectivity index (χ1n) is 8.57. The molecule has 1 aromatic heterocycles. The first-order valence-corrected chi connectivity index (χ1v) is 9.37. The van der Waals surface area contributed by atoms with Gasteiger partial charge in [-0.1, -0.05) is 28.1 Å². The van der Waals surface area contributed by atoms with Gasteiger partial charge in [0.2, 0.25) is 5.91 Å². The summed E-state index contributed by atoms with van der Waals surface area (Å²) in [6.45, 7) is 6.62. The van der Waals surface area contributed by atoms with Crippen LogP contribution in [0.15, 0.2) is 53.3 Å². The van der Waals surface area contributed by atoms with E-state index in [1.54, 1.807) is 6.08 Å². The lowest BCUT2D eigenvalue weighted by molar-refractivity contribution is -0.917. The van der Waals surface area contributed by atoms with Crippen molar-refractivity contribution < 1.29 is 9.69 Å². The molecular weight excluding hydrogens is 378 g/mol. The second-order valence-corrected chi connectivity index (χ2v) is 7.32. The van der Waals surface area contributed by atoms with Crippen LogP contribution in [0.2, 0.25) is 0 Å². The summed E-state index contributed by atoms with van der Waals surface area (Å²) in [7, 11) is 0. The third-order valence-electron chi connectivity index (χ3n) is 4.55. The molecular formula is C20H23BrN3O+. The summed E-state index contributed by atoms with van der Waals surface area (Å²) in [5.74, 6) is 0.0930. The highest BCUT2D eigenvalue weighted by Crippen LogP contribution is 2.19. The number of nitrogens with zero attached hydrogens (tertiary/aromatic N) is 2. The van der Waals surface area contributed by atoms with Crippen LogP contribution in [-0.4, -0.2) is 42.0 Å². The Bertz CT molecular complexity index is 753. The van der Waals surface area contributed by atoms with E-state index in [1.807, 2.05) is 29.4 Å². The van der Waals surface area contributed by atoms with Crippen molar-refractivity contribution in [3.8, 4) is 0 Å². The predicted molar refractivity (Wildman–Crippen MR) is 103 cm³/mol. The maximum atomic E-state index is 12.4. The molecule has 5 heteroatoms. The first-order chi connectivity index (χ1) is 12.1. The summed E-state index contributed by atoms with van der Waals surface area (Å²) in [6, 6.07) is 10.3. The molecule has 0 spiro atoms. The number of nitrogens with one attached hydrogen (secondary N) is 1. The number of hydrogen-bond acceptors (Lipinski definition) is 2. The average Bonchev–Trinajstić information content (AvgIpc) is 2.62. The summed E-state index contributed by atoms with van der Waals surface area (Å²) in [4.78, 5) is 19.9. The Morgan fingerprint density at radius 2 is 1.96 bits per heavy atom. The average molecular weight is 401 g/mol. The van der Waals surface area contributed by atoms with Gasteiger partial charge < -0.3 is 9.80 Å². The summed E-state index contributed by atoms with van der Waals surface area (Å²) in [5.41, 5.74) is 3.53. The Morgan fingerprint density at radius 1 is 1.24 bits per heavy atom. The van der Waals surface area contributed by atoms with Crippen molar-refractivity contribution in [3.63, 3.8) is 0 Å². The molecule has 0 saturated carbocycles. The van der Waals surface area contributed by atoms with Crippen LogP contribution in [0.1, 0.15) is 16.7 Å². The van der Waals surface area contributed by atoms with Gasteiger partial charge in [-0.25, -0.2) is 0 Å². The van der Waals surface area contributed by atoms with Crippen LogP contribution in [0.5, 0.6) is 0 Å². The highest BCUT2D eigenvalue weighted by Gasteiger charge is 2.22. The van der Waals surface area contributed by atoms with Crippen molar-refractivity contribution in [1.29, 1.82) is 0 Å². The minimum atomic E-state index is 0.0930. The zero-order valence-electron chi connectivity index (χ0n) is 14.4. The second kappa shape index (κ2) is 8.41. The fourth-order valence-electron chi connectivity index (χ4n) is 3.04. The van der Waals surface area contributed by atoms with E-state index in [9.17, 15) is 4.79 Å². The van der Waals surface area contributed by atoms with Crippen molar-refractivity contribution in [3.05, 3.63) is 70.0 Å². The molecule has 1 aromatic carbocycles. The lowest BCUT2D eigenvalue weighted by Gasteiger charge is -2.31. The SMILES string of the molecule is Cc1ccc(/C=C/C(=O)N2CC[NH+](Cc3ccncc3)CC2)c(Br)c1. The zero-order valence-corrected chi connectivity index (χ0v) is 16.0. The van der Waals surface area contributed by atoms with Crippen LogP contribution in [-0.2, 0) is 11.3 Å². The number of carbonyl (C=O) groups excluding carboxylic acids is 1. The fourth-order valence-corrected chi connectivity index (χ4v) is 3.67. The lowest BCUT2D eigenvalue weighted by Crippen LogP contribution is -3.13. The van der Waals surface area contributed by atoms with Gasteiger partial charge in [-0.3, -0.25) is 9.78 Å². The van der Waals surface area contributed by atoms with Gasteiger partial charge in [-0.05, 0) is 42.3 Å². The fraction of sp³-hybridized carbons (Fsp3) is 0.300. The molecule has 0 radical (unpaired) electrons. The van der Waals surface area contributed by atoms with E-state index >= 15 is 0 Å². The molecule has 4 nitrogen and oxygen atoms in total. The summed E-state index contributed by atoms with van der Waals surface area (Å²) >= 11 is 3.55. The maximum Gasteiger partial charge on any atom is 0.246 e. The number of aryl methyl sites for hydroxylation is 1. The molecule has 0 bridgehead atoms. The van der Waals surface area contributed by atoms with E-state index in [2.05, 4.69) is 52.1 Å². The summed E-state index contributed by atoms with van der Waals surface area (Å²) < 4.78 is 1.02. The number of pyridine rings is 1. The van der Waals surface area contributed by atoms with Crippen LogP contribution in [0, 0.1) is 6.92 Å². The molecule has 1 aliphatic rings. The van der Waals surface area contributed by atoms with Gasteiger partial charge >= 0.3 is 0 Å². The smallest absolute Gasteiger partial charge is 0.246 e. The predicted octanol–water partition coefficient (Wildman–Crippen LogP) is 2.09. The van der Waals surface area contributed by atoms with Crippen LogP contribution < -0.4 is 4.90 Å². The number of rotatable bonds is 4. The summed E-state index contributed by atoms with van der Waals surface area (Å²) in [6.07, 6.45) is 7.25. The van der Waals surface area contributed by atoms with Crippen molar-refractivity contribution in [2.75, 3.05) is 26.2 Å². The number of aromatic nitrogens is 1. The first kappa shape index (κ1) is 17.8. The molecule has 2 aromatic rings. The Balaban J connectivity index is 1.52. The molecule has 1 N–H and O–H groups in total. The van der Waals surface area contributed by atoms with Crippen LogP contribution in [0.4, 0.5) is 0 Å². The Labute approximate surface area is 157 Å². The van der Waals surface area contributed by atoms with E-state index in [-0.39, 0.29) is 5.91 Å². The Hall–Kier alpha value is -1.98. The molecule has 0 atom stereocenters. The van der Waals surface area contributed by atoms with Crippen molar-refractivity contribution in [2.45, 2.75) is 13.5 Å². The van der Waals surface area contributed by atoms with Gasteiger partial charge in [-0.2, -0.15) is 0 Å². The number of piperazine rings is 1. The Morgan fingerprint density at radius 3 is 2.64 bits per heavy atom. The molecule has 0 aliphatic carbocycles. The number of hydrogen-bond donors (Lipinski definition) is 1. The Kier molecular flexibility index (Phi) is 6.00. The van der Waals surface area contributed by atoms with Crippen molar-refractivity contribution in [2.24, 2.45) is 0 Å². The van der Waals surface area contributed by atoms with E-state index in [0.29, 0.717) is 0 Å². The van der Waals surface area contributed by atoms with Crippen molar-refractivity contribution >= 4 is 27.9 Å². The zero-order chi connectivity index (χ0) is 17.6. The third-order valence-corrected chi connectivity index (χ3v) is 5.23. The lowest BCUT2D eigenvalue weighted by atomic mass is 10.1.